The first-order chi connectivity index (χ1) is 20.5. The summed E-state index contributed by atoms with van der Waals surface area (Å²) in [5.74, 6) is 0. The molecule has 6 nitrogen and oxygen atoms in total. The fraction of sp³-hybridized carbons (Fsp3) is 0.125. The minimum Gasteiger partial charge on any atom is -0.364 e. The largest absolute Gasteiger partial charge is 0.364 e. The molecule has 0 saturated heterocycles. The zero-order chi connectivity index (χ0) is 29.8. The van der Waals surface area contributed by atoms with E-state index < -0.39 is 7.26 Å². The molecule has 0 spiro atoms. The van der Waals surface area contributed by atoms with E-state index in [4.69, 9.17) is 24.4 Å². The Bertz CT molecular complexity index is 1430. The third-order valence-electron chi connectivity index (χ3n) is 6.60. The molecule has 0 radical (unpaired) electrons. The number of thioether (sulfide) groups is 1. The Kier molecular flexibility index (Phi) is 11.6. The maximum Gasteiger partial charge on any atom is 0.189 e. The molecule has 214 valence electrons. The maximum atomic E-state index is 5.75. The predicted molar refractivity (Wildman–Crippen MR) is 192 cm³/mol. The average molecular weight is 630 g/mol. The lowest BCUT2D eigenvalue weighted by molar-refractivity contribution is 0.956. The predicted octanol–water partition coefficient (Wildman–Crippen LogP) is 5.00. The zero-order valence-electron chi connectivity index (χ0n) is 23.7. The van der Waals surface area contributed by atoms with Gasteiger partial charge in [-0.25, -0.2) is 0 Å². The summed E-state index contributed by atoms with van der Waals surface area (Å²) in [6.07, 6.45) is 2.67. The first-order valence-electron chi connectivity index (χ1n) is 13.3. The third kappa shape index (κ3) is 7.81. The number of hydrogen-bond acceptors (Lipinski definition) is 5. The standard InChI is InChI=1S/C32H33N6PS3/c1-24(30(36-37-31(40)33-2)25-19-21-29(42-3)22-20-25)35-38-32(41)34-23-39(26-13-7-4-8-14-26,27-15-9-5-10-16-27)28-17-11-6-12-18-28/h4-22H,23H2,1-3H3,(H3-,33,34,35,36,37,38,40,41)/p+1. The Labute approximate surface area is 263 Å². The summed E-state index contributed by atoms with van der Waals surface area (Å²) in [6.45, 7) is 1.89. The van der Waals surface area contributed by atoms with E-state index in [0.717, 1.165) is 10.5 Å². The second-order valence-electron chi connectivity index (χ2n) is 9.17. The Morgan fingerprint density at radius 1 is 0.690 bits per heavy atom. The Morgan fingerprint density at radius 2 is 1.17 bits per heavy atom. The van der Waals surface area contributed by atoms with Gasteiger partial charge in [-0.15, -0.1) is 11.8 Å². The monoisotopic (exact) mass is 629 g/mol. The van der Waals surface area contributed by atoms with E-state index >= 15 is 0 Å². The van der Waals surface area contributed by atoms with E-state index in [9.17, 15) is 0 Å². The Morgan fingerprint density at radius 3 is 1.62 bits per heavy atom. The van der Waals surface area contributed by atoms with Crippen LogP contribution >= 0.6 is 43.5 Å². The summed E-state index contributed by atoms with van der Waals surface area (Å²) in [6, 6.07) is 40.1. The first kappa shape index (κ1) is 31.3. The summed E-state index contributed by atoms with van der Waals surface area (Å²) in [7, 11) is -0.355. The van der Waals surface area contributed by atoms with Crippen molar-refractivity contribution in [1.29, 1.82) is 0 Å². The Balaban J connectivity index is 1.61. The lowest BCUT2D eigenvalue weighted by Gasteiger charge is -2.28. The van der Waals surface area contributed by atoms with Crippen molar-refractivity contribution >= 4 is 81.0 Å². The van der Waals surface area contributed by atoms with Gasteiger partial charge < -0.3 is 10.6 Å². The summed E-state index contributed by atoms with van der Waals surface area (Å²) >= 11 is 12.7. The van der Waals surface area contributed by atoms with Crippen LogP contribution in [0, 0.1) is 0 Å². The summed E-state index contributed by atoms with van der Waals surface area (Å²) in [5, 5.41) is 20.2. The maximum absolute atomic E-state index is 5.75. The molecule has 0 bridgehead atoms. The molecule has 0 saturated carbocycles. The molecule has 4 N–H and O–H groups in total. The zero-order valence-corrected chi connectivity index (χ0v) is 27.1. The molecule has 0 aromatic heterocycles. The van der Waals surface area contributed by atoms with Crippen LogP contribution in [0.2, 0.25) is 0 Å². The Hall–Kier alpha value is -3.62. The topological polar surface area (TPSA) is 72.8 Å². The first-order valence-corrected chi connectivity index (χ1v) is 17.3. The van der Waals surface area contributed by atoms with Gasteiger partial charge in [-0.05, 0) is 86.1 Å². The van der Waals surface area contributed by atoms with E-state index in [1.54, 1.807) is 18.8 Å². The molecule has 4 rings (SSSR count). The van der Waals surface area contributed by atoms with Crippen molar-refractivity contribution in [3.63, 3.8) is 0 Å². The van der Waals surface area contributed by atoms with E-state index in [1.807, 2.05) is 25.3 Å². The smallest absolute Gasteiger partial charge is 0.189 e. The SMILES string of the molecule is CNC(=S)N/N=C(/C(C)=N/NC(=S)NC[P+](c1ccccc1)(c1ccccc1)c1ccccc1)c1ccc(SC)cc1. The molecule has 4 aromatic carbocycles. The van der Waals surface area contributed by atoms with Crippen molar-refractivity contribution in [3.05, 3.63) is 121 Å². The molecule has 0 aliphatic heterocycles. The van der Waals surface area contributed by atoms with Crippen molar-refractivity contribution < 1.29 is 0 Å². The van der Waals surface area contributed by atoms with E-state index in [0.29, 0.717) is 27.9 Å². The number of benzene rings is 4. The summed E-state index contributed by atoms with van der Waals surface area (Å²) in [4.78, 5) is 1.16. The molecular weight excluding hydrogens is 596 g/mol. The second-order valence-corrected chi connectivity index (χ2v) is 14.4. The highest BCUT2D eigenvalue weighted by Gasteiger charge is 2.45. The highest BCUT2D eigenvalue weighted by atomic mass is 32.2. The molecule has 0 amide bonds. The van der Waals surface area contributed by atoms with Crippen LogP contribution in [0.1, 0.15) is 12.5 Å². The highest BCUT2D eigenvalue weighted by Crippen LogP contribution is 2.54. The number of hydrogen-bond donors (Lipinski definition) is 4. The van der Waals surface area contributed by atoms with Crippen molar-refractivity contribution in [3.8, 4) is 0 Å². The molecule has 0 heterocycles. The number of rotatable bonds is 10. The highest BCUT2D eigenvalue weighted by molar-refractivity contribution is 7.98. The van der Waals surface area contributed by atoms with Crippen molar-refractivity contribution in [2.75, 3.05) is 19.6 Å². The quantitative estimate of drug-likeness (QED) is 0.0648. The average Bonchev–Trinajstić information content (AvgIpc) is 3.05. The van der Waals surface area contributed by atoms with Crippen LogP contribution in [0.4, 0.5) is 0 Å². The van der Waals surface area contributed by atoms with E-state index in [-0.39, 0.29) is 0 Å². The van der Waals surface area contributed by atoms with Crippen LogP contribution in [0.5, 0.6) is 0 Å². The van der Waals surface area contributed by atoms with Gasteiger partial charge in [0.15, 0.2) is 10.2 Å². The second kappa shape index (κ2) is 15.6. The van der Waals surface area contributed by atoms with Crippen LogP contribution in [-0.4, -0.2) is 41.2 Å². The van der Waals surface area contributed by atoms with Gasteiger partial charge in [0.2, 0.25) is 0 Å². The van der Waals surface area contributed by atoms with Crippen LogP contribution in [0.15, 0.2) is 130 Å². The fourth-order valence-electron chi connectivity index (χ4n) is 4.45. The van der Waals surface area contributed by atoms with Gasteiger partial charge in [0.1, 0.15) is 35.2 Å². The molecular formula is C32H34N6PS3+. The number of hydrazone groups is 2. The molecule has 0 atom stereocenters. The molecule has 4 aromatic rings. The van der Waals surface area contributed by atoms with Gasteiger partial charge in [-0.1, -0.05) is 66.7 Å². The van der Waals surface area contributed by atoms with Gasteiger partial charge in [0.05, 0.1) is 5.71 Å². The van der Waals surface area contributed by atoms with Gasteiger partial charge in [0, 0.05) is 17.5 Å². The summed E-state index contributed by atoms with van der Waals surface area (Å²) < 4.78 is 0. The number of nitrogens with zero attached hydrogens (tertiary/aromatic N) is 2. The van der Waals surface area contributed by atoms with Crippen molar-refractivity contribution in [2.24, 2.45) is 10.2 Å². The molecule has 10 heteroatoms. The number of nitrogens with one attached hydrogen (secondary N) is 4. The molecule has 0 fully saturated rings. The van der Waals surface area contributed by atoms with E-state index in [2.05, 4.69) is 135 Å². The lowest BCUT2D eigenvalue weighted by atomic mass is 10.1. The summed E-state index contributed by atoms with van der Waals surface area (Å²) in [5.41, 5.74) is 8.13. The van der Waals surface area contributed by atoms with E-state index in [1.165, 1.54) is 15.9 Å². The van der Waals surface area contributed by atoms with Crippen LogP contribution in [0.3, 0.4) is 0 Å². The minimum absolute atomic E-state index is 0.411. The minimum atomic E-state index is -2.10. The fourth-order valence-corrected chi connectivity index (χ4v) is 9.01. The molecule has 0 unspecified atom stereocenters. The molecule has 0 aliphatic rings. The molecule has 42 heavy (non-hydrogen) atoms. The van der Waals surface area contributed by atoms with Crippen molar-refractivity contribution in [2.45, 2.75) is 11.8 Å². The van der Waals surface area contributed by atoms with Crippen LogP contribution in [0.25, 0.3) is 0 Å². The molecule has 0 aliphatic carbocycles. The van der Waals surface area contributed by atoms with Gasteiger partial charge in [-0.3, -0.25) is 10.9 Å². The van der Waals surface area contributed by atoms with Crippen molar-refractivity contribution in [1.82, 2.24) is 21.5 Å². The normalized spacial score (nSPS) is 11.9. The lowest BCUT2D eigenvalue weighted by Crippen LogP contribution is -2.42. The van der Waals surface area contributed by atoms with Crippen LogP contribution < -0.4 is 37.4 Å². The van der Waals surface area contributed by atoms with Gasteiger partial charge in [0.25, 0.3) is 0 Å². The third-order valence-corrected chi connectivity index (χ3v) is 12.0. The number of thiocarbonyl (C=S) groups is 2. The van der Waals surface area contributed by atoms with Crippen LogP contribution in [-0.2, 0) is 0 Å². The van der Waals surface area contributed by atoms with Gasteiger partial charge >= 0.3 is 0 Å². The van der Waals surface area contributed by atoms with Gasteiger partial charge in [-0.2, -0.15) is 10.2 Å².